The Kier molecular flexibility index (Phi) is 3.15. The van der Waals surface area contributed by atoms with Crippen LogP contribution in [0.2, 0.25) is 0 Å². The van der Waals surface area contributed by atoms with E-state index < -0.39 is 10.8 Å². The van der Waals surface area contributed by atoms with Crippen LogP contribution in [0.1, 0.15) is 25.0 Å². The standard InChI is InChI=1S/C16H16O2S/c1-3-11-6-8-15-14(9-11)18-13-7-5-12(4-2)10-16(13)19(15)17/h5-10H,3-4H2,1-2H3. The van der Waals surface area contributed by atoms with E-state index in [0.717, 1.165) is 34.1 Å². The number of hydrogen-bond donors (Lipinski definition) is 0. The molecule has 0 saturated heterocycles. The Morgan fingerprint density at radius 1 is 0.895 bits per heavy atom. The molecule has 98 valence electrons. The van der Waals surface area contributed by atoms with Crippen molar-refractivity contribution in [1.29, 1.82) is 0 Å². The topological polar surface area (TPSA) is 26.3 Å². The fourth-order valence-electron chi connectivity index (χ4n) is 2.24. The average molecular weight is 272 g/mol. The summed E-state index contributed by atoms with van der Waals surface area (Å²) >= 11 is 0. The van der Waals surface area contributed by atoms with Crippen molar-refractivity contribution in [2.24, 2.45) is 0 Å². The predicted octanol–water partition coefficient (Wildman–Crippen LogP) is 4.08. The van der Waals surface area contributed by atoms with Crippen LogP contribution < -0.4 is 4.74 Å². The summed E-state index contributed by atoms with van der Waals surface area (Å²) < 4.78 is 18.5. The molecule has 2 aromatic carbocycles. The minimum atomic E-state index is -1.14. The molecule has 1 unspecified atom stereocenters. The summed E-state index contributed by atoms with van der Waals surface area (Å²) in [5, 5.41) is 0. The monoisotopic (exact) mass is 272 g/mol. The van der Waals surface area contributed by atoms with Gasteiger partial charge in [0.1, 0.15) is 11.5 Å². The van der Waals surface area contributed by atoms with Gasteiger partial charge in [-0.1, -0.05) is 26.0 Å². The summed E-state index contributed by atoms with van der Waals surface area (Å²) in [4.78, 5) is 1.56. The van der Waals surface area contributed by atoms with Gasteiger partial charge in [-0.3, -0.25) is 0 Å². The third kappa shape index (κ3) is 2.08. The molecular formula is C16H16O2S. The second kappa shape index (κ2) is 4.82. The normalized spacial score (nSPS) is 16.4. The zero-order chi connectivity index (χ0) is 13.4. The molecule has 3 heteroatoms. The lowest BCUT2D eigenvalue weighted by Crippen LogP contribution is -2.06. The molecule has 2 aromatic rings. The van der Waals surface area contributed by atoms with Crippen LogP contribution in [0.5, 0.6) is 11.5 Å². The van der Waals surface area contributed by atoms with Crippen LogP contribution in [0, 0.1) is 0 Å². The lowest BCUT2D eigenvalue weighted by molar-refractivity contribution is 0.449. The van der Waals surface area contributed by atoms with Crippen LogP contribution in [0.4, 0.5) is 0 Å². The molecule has 1 aliphatic heterocycles. The van der Waals surface area contributed by atoms with Crippen LogP contribution >= 0.6 is 0 Å². The molecule has 0 amide bonds. The molecule has 1 heterocycles. The first kappa shape index (κ1) is 12.4. The van der Waals surface area contributed by atoms with Gasteiger partial charge < -0.3 is 4.74 Å². The van der Waals surface area contributed by atoms with E-state index in [-0.39, 0.29) is 0 Å². The molecule has 3 rings (SSSR count). The smallest absolute Gasteiger partial charge is 0.144 e. The minimum absolute atomic E-state index is 0.719. The number of benzene rings is 2. The van der Waals surface area contributed by atoms with E-state index in [1.807, 2.05) is 36.4 Å². The second-order valence-electron chi connectivity index (χ2n) is 4.64. The summed E-state index contributed by atoms with van der Waals surface area (Å²) in [5.41, 5.74) is 2.38. The first-order chi connectivity index (χ1) is 9.22. The van der Waals surface area contributed by atoms with E-state index in [1.165, 1.54) is 11.1 Å². The number of aryl methyl sites for hydroxylation is 2. The third-order valence-electron chi connectivity index (χ3n) is 3.45. The maximum Gasteiger partial charge on any atom is 0.144 e. The molecule has 2 nitrogen and oxygen atoms in total. The SMILES string of the molecule is CCc1ccc2c(c1)Oc1ccc(CC)cc1S2=O. The molecule has 0 N–H and O–H groups in total. The van der Waals surface area contributed by atoms with E-state index in [1.54, 1.807) is 0 Å². The zero-order valence-electron chi connectivity index (χ0n) is 11.1. The zero-order valence-corrected chi connectivity index (χ0v) is 11.9. The third-order valence-corrected chi connectivity index (χ3v) is 4.91. The molecule has 0 spiro atoms. The molecule has 0 aliphatic carbocycles. The molecule has 19 heavy (non-hydrogen) atoms. The molecule has 0 fully saturated rings. The Labute approximate surface area is 115 Å². The van der Waals surface area contributed by atoms with Crippen molar-refractivity contribution in [3.8, 4) is 11.5 Å². The molecule has 1 aliphatic rings. The minimum Gasteiger partial charge on any atom is -0.455 e. The van der Waals surface area contributed by atoms with Crippen molar-refractivity contribution in [2.45, 2.75) is 36.5 Å². The Bertz CT molecular complexity index is 662. The summed E-state index contributed by atoms with van der Waals surface area (Å²) in [5.74, 6) is 1.45. The highest BCUT2D eigenvalue weighted by Crippen LogP contribution is 2.41. The van der Waals surface area contributed by atoms with Gasteiger partial charge in [0.25, 0.3) is 0 Å². The fraction of sp³-hybridized carbons (Fsp3) is 0.250. The molecular weight excluding hydrogens is 256 g/mol. The Hall–Kier alpha value is -1.61. The molecule has 1 atom stereocenters. The highest BCUT2D eigenvalue weighted by atomic mass is 32.2. The predicted molar refractivity (Wildman–Crippen MR) is 76.4 cm³/mol. The largest absolute Gasteiger partial charge is 0.455 e. The maximum absolute atomic E-state index is 12.6. The van der Waals surface area contributed by atoms with Crippen molar-refractivity contribution in [2.75, 3.05) is 0 Å². The number of fused-ring (bicyclic) bond motifs is 2. The number of ether oxygens (including phenoxy) is 1. The first-order valence-electron chi connectivity index (χ1n) is 6.58. The van der Waals surface area contributed by atoms with Gasteiger partial charge in [-0.15, -0.1) is 0 Å². The van der Waals surface area contributed by atoms with Gasteiger partial charge in [0, 0.05) is 0 Å². The number of rotatable bonds is 2. The average Bonchev–Trinajstić information content (AvgIpc) is 2.46. The van der Waals surface area contributed by atoms with E-state index in [9.17, 15) is 4.21 Å². The van der Waals surface area contributed by atoms with E-state index >= 15 is 0 Å². The van der Waals surface area contributed by atoms with Gasteiger partial charge in [-0.2, -0.15) is 0 Å². The van der Waals surface area contributed by atoms with Gasteiger partial charge in [0.05, 0.1) is 20.6 Å². The molecule has 0 aromatic heterocycles. The van der Waals surface area contributed by atoms with Gasteiger partial charge >= 0.3 is 0 Å². The Morgan fingerprint density at radius 3 is 2.32 bits per heavy atom. The van der Waals surface area contributed by atoms with Gasteiger partial charge in [0.2, 0.25) is 0 Å². The van der Waals surface area contributed by atoms with Crippen LogP contribution in [0.25, 0.3) is 0 Å². The molecule has 0 saturated carbocycles. The quantitative estimate of drug-likeness (QED) is 0.702. The summed E-state index contributed by atoms with van der Waals surface area (Å²) in [7, 11) is -1.14. The Morgan fingerprint density at radius 2 is 1.58 bits per heavy atom. The summed E-state index contributed by atoms with van der Waals surface area (Å²) in [6, 6.07) is 11.9. The number of hydrogen-bond acceptors (Lipinski definition) is 2. The van der Waals surface area contributed by atoms with Crippen molar-refractivity contribution in [3.63, 3.8) is 0 Å². The fourth-order valence-corrected chi connectivity index (χ4v) is 3.51. The van der Waals surface area contributed by atoms with Crippen molar-refractivity contribution in [1.82, 2.24) is 0 Å². The van der Waals surface area contributed by atoms with E-state index in [4.69, 9.17) is 4.74 Å². The summed E-state index contributed by atoms with van der Waals surface area (Å²) in [6.45, 7) is 4.19. The van der Waals surface area contributed by atoms with Crippen molar-refractivity contribution in [3.05, 3.63) is 47.5 Å². The van der Waals surface area contributed by atoms with Gasteiger partial charge in [0.15, 0.2) is 0 Å². The molecule has 0 radical (unpaired) electrons. The van der Waals surface area contributed by atoms with Gasteiger partial charge in [-0.25, -0.2) is 4.21 Å². The van der Waals surface area contributed by atoms with E-state index in [0.29, 0.717) is 0 Å². The van der Waals surface area contributed by atoms with E-state index in [2.05, 4.69) is 13.8 Å². The summed E-state index contributed by atoms with van der Waals surface area (Å²) in [6.07, 6.45) is 1.89. The van der Waals surface area contributed by atoms with Crippen LogP contribution in [-0.2, 0) is 23.6 Å². The second-order valence-corrected chi connectivity index (χ2v) is 6.06. The van der Waals surface area contributed by atoms with Crippen molar-refractivity contribution < 1.29 is 8.95 Å². The van der Waals surface area contributed by atoms with Crippen LogP contribution in [-0.4, -0.2) is 4.21 Å². The van der Waals surface area contributed by atoms with Crippen LogP contribution in [0.15, 0.2) is 46.2 Å². The van der Waals surface area contributed by atoms with Crippen molar-refractivity contribution >= 4 is 10.8 Å². The Balaban J connectivity index is 2.11. The lowest BCUT2D eigenvalue weighted by atomic mass is 10.1. The first-order valence-corrected chi connectivity index (χ1v) is 7.73. The highest BCUT2D eigenvalue weighted by Gasteiger charge is 2.24. The lowest BCUT2D eigenvalue weighted by Gasteiger charge is -2.20. The molecule has 0 bridgehead atoms. The van der Waals surface area contributed by atoms with Gasteiger partial charge in [-0.05, 0) is 48.2 Å². The van der Waals surface area contributed by atoms with Crippen LogP contribution in [0.3, 0.4) is 0 Å². The maximum atomic E-state index is 12.6. The highest BCUT2D eigenvalue weighted by molar-refractivity contribution is 7.85.